The molecule has 8 heteroatoms. The van der Waals surface area contributed by atoms with Crippen LogP contribution in [0.25, 0.3) is 22.1 Å². The van der Waals surface area contributed by atoms with Crippen molar-refractivity contribution in [2.45, 2.75) is 32.9 Å². The van der Waals surface area contributed by atoms with Crippen molar-refractivity contribution in [2.75, 3.05) is 0 Å². The number of para-hydroxylation sites is 1. The molecule has 0 radical (unpaired) electrons. The van der Waals surface area contributed by atoms with Crippen LogP contribution in [0.1, 0.15) is 47.2 Å². The second kappa shape index (κ2) is 9.72. The van der Waals surface area contributed by atoms with Gasteiger partial charge in [0.1, 0.15) is 11.7 Å². The monoisotopic (exact) mass is 491 g/mol. The number of fused-ring (bicyclic) bond motifs is 2. The summed E-state index contributed by atoms with van der Waals surface area (Å²) in [5.41, 5.74) is 2.96. The van der Waals surface area contributed by atoms with Gasteiger partial charge in [0.05, 0.1) is 17.1 Å². The predicted octanol–water partition coefficient (Wildman–Crippen LogP) is 3.57. The lowest BCUT2D eigenvalue weighted by atomic mass is 10.0. The van der Waals surface area contributed by atoms with E-state index >= 15 is 0 Å². The third kappa shape index (κ3) is 4.48. The van der Waals surface area contributed by atoms with E-state index in [0.29, 0.717) is 44.6 Å². The first kappa shape index (κ1) is 24.0. The normalized spacial score (nSPS) is 12.6. The highest BCUT2D eigenvalue weighted by Crippen LogP contribution is 2.24. The maximum atomic E-state index is 14.0. The van der Waals surface area contributed by atoms with Crippen molar-refractivity contribution in [2.24, 2.45) is 0 Å². The Morgan fingerprint density at radius 2 is 1.86 bits per heavy atom. The molecular formula is C29H25N5O3. The fourth-order valence-electron chi connectivity index (χ4n) is 4.44. The third-order valence-corrected chi connectivity index (χ3v) is 6.09. The molecule has 0 aliphatic heterocycles. The van der Waals surface area contributed by atoms with Gasteiger partial charge >= 0.3 is 0 Å². The third-order valence-electron chi connectivity index (χ3n) is 6.09. The number of aryl methyl sites for hydroxylation is 1. The molecule has 5 rings (SSSR count). The average molecular weight is 492 g/mol. The van der Waals surface area contributed by atoms with Crippen molar-refractivity contribution >= 4 is 22.3 Å². The second-order valence-corrected chi connectivity index (χ2v) is 8.80. The summed E-state index contributed by atoms with van der Waals surface area (Å²) in [4.78, 5) is 31.7. The number of aliphatic hydroxyl groups is 1. The summed E-state index contributed by atoms with van der Waals surface area (Å²) in [7, 11) is 0. The Kier molecular flexibility index (Phi) is 6.30. The van der Waals surface area contributed by atoms with Gasteiger partial charge in [-0.1, -0.05) is 42.2 Å². The smallest absolute Gasteiger partial charge is 0.264 e. The molecule has 0 saturated heterocycles. The van der Waals surface area contributed by atoms with E-state index in [1.54, 1.807) is 47.5 Å². The number of carbonyl (C=O) groups excluding carboxylic acids is 1. The van der Waals surface area contributed by atoms with Gasteiger partial charge in [-0.25, -0.2) is 9.50 Å². The van der Waals surface area contributed by atoms with Crippen molar-refractivity contribution in [3.05, 3.63) is 106 Å². The van der Waals surface area contributed by atoms with Gasteiger partial charge in [0.15, 0.2) is 5.65 Å². The van der Waals surface area contributed by atoms with E-state index in [1.165, 1.54) is 0 Å². The first-order valence-electron chi connectivity index (χ1n) is 11.9. The highest BCUT2D eigenvalue weighted by atomic mass is 16.3. The molecule has 3 heterocycles. The van der Waals surface area contributed by atoms with Gasteiger partial charge in [-0.15, -0.1) is 0 Å². The standard InChI is InChI=1S/C29H25N5O3/c1-18(35)13-14-21-9-7-10-22-17-24(34(29(37)26(21)22)23-11-5-4-6-12-23)19(2)31-28(36)25-20(3)32-33-16-8-15-30-27(25)33/h4-12,15-19,35H,1-3H3,(H,31,36)/t18-,19?/m0/s1. The lowest BCUT2D eigenvalue weighted by molar-refractivity contribution is 0.0939. The van der Waals surface area contributed by atoms with E-state index in [0.717, 1.165) is 0 Å². The molecule has 0 fully saturated rings. The summed E-state index contributed by atoms with van der Waals surface area (Å²) in [6.07, 6.45) is 2.54. The summed E-state index contributed by atoms with van der Waals surface area (Å²) < 4.78 is 3.17. The maximum absolute atomic E-state index is 14.0. The molecule has 37 heavy (non-hydrogen) atoms. The van der Waals surface area contributed by atoms with Crippen LogP contribution >= 0.6 is 0 Å². The van der Waals surface area contributed by atoms with E-state index in [1.807, 2.05) is 55.5 Å². The highest BCUT2D eigenvalue weighted by Gasteiger charge is 2.23. The summed E-state index contributed by atoms with van der Waals surface area (Å²) in [6, 6.07) is 17.8. The number of benzene rings is 2. The Balaban J connectivity index is 1.66. The Labute approximate surface area is 213 Å². The number of amides is 1. The molecule has 184 valence electrons. The minimum Gasteiger partial charge on any atom is -0.381 e. The SMILES string of the molecule is Cc1nn2cccnc2c1C(=O)NC(C)c1cc2cccc(C#C[C@H](C)O)c2c(=O)n1-c1ccccc1. The number of aliphatic hydroxyl groups excluding tert-OH is 1. The van der Waals surface area contributed by atoms with Gasteiger partial charge in [0.2, 0.25) is 0 Å². The maximum Gasteiger partial charge on any atom is 0.264 e. The molecule has 5 aromatic rings. The van der Waals surface area contributed by atoms with Gasteiger partial charge in [-0.3, -0.25) is 14.2 Å². The Morgan fingerprint density at radius 1 is 1.08 bits per heavy atom. The second-order valence-electron chi connectivity index (χ2n) is 8.80. The van der Waals surface area contributed by atoms with E-state index in [-0.39, 0.29) is 11.5 Å². The van der Waals surface area contributed by atoms with Gasteiger partial charge < -0.3 is 10.4 Å². The van der Waals surface area contributed by atoms with Crippen LogP contribution in [0.3, 0.4) is 0 Å². The molecule has 0 aliphatic rings. The molecule has 2 N–H and O–H groups in total. The zero-order chi connectivity index (χ0) is 26.1. The fraction of sp³-hybridized carbons (Fsp3) is 0.172. The van der Waals surface area contributed by atoms with Gasteiger partial charge in [-0.05, 0) is 56.5 Å². The number of pyridine rings is 1. The molecule has 3 aromatic heterocycles. The van der Waals surface area contributed by atoms with Crippen molar-refractivity contribution in [3.8, 4) is 17.5 Å². The number of carbonyl (C=O) groups is 1. The number of nitrogens with one attached hydrogen (secondary N) is 1. The molecular weight excluding hydrogens is 466 g/mol. The first-order chi connectivity index (χ1) is 17.8. The van der Waals surface area contributed by atoms with Crippen LogP contribution in [-0.2, 0) is 0 Å². The van der Waals surface area contributed by atoms with Gasteiger partial charge in [0.25, 0.3) is 11.5 Å². The van der Waals surface area contributed by atoms with E-state index < -0.39 is 12.1 Å². The minimum atomic E-state index is -0.820. The zero-order valence-corrected chi connectivity index (χ0v) is 20.6. The molecule has 2 atom stereocenters. The van der Waals surface area contributed by atoms with Crippen LogP contribution in [0.4, 0.5) is 0 Å². The first-order valence-corrected chi connectivity index (χ1v) is 11.9. The quantitative estimate of drug-likeness (QED) is 0.375. The summed E-state index contributed by atoms with van der Waals surface area (Å²) in [5.74, 6) is 5.32. The average Bonchev–Trinajstić information content (AvgIpc) is 3.23. The van der Waals surface area contributed by atoms with E-state index in [4.69, 9.17) is 0 Å². The number of nitrogens with zero attached hydrogens (tertiary/aromatic N) is 4. The number of aromatic nitrogens is 4. The summed E-state index contributed by atoms with van der Waals surface area (Å²) in [5, 5.41) is 18.2. The fourth-order valence-corrected chi connectivity index (χ4v) is 4.44. The van der Waals surface area contributed by atoms with Gasteiger partial charge in [0, 0.05) is 29.3 Å². The van der Waals surface area contributed by atoms with Crippen LogP contribution in [-0.4, -0.2) is 36.3 Å². The van der Waals surface area contributed by atoms with Crippen molar-refractivity contribution in [1.29, 1.82) is 0 Å². The summed E-state index contributed by atoms with van der Waals surface area (Å²) in [6.45, 7) is 5.17. The zero-order valence-electron chi connectivity index (χ0n) is 20.6. The van der Waals surface area contributed by atoms with Gasteiger partial charge in [-0.2, -0.15) is 5.10 Å². The molecule has 0 saturated carbocycles. The lowest BCUT2D eigenvalue weighted by Gasteiger charge is -2.21. The van der Waals surface area contributed by atoms with E-state index in [9.17, 15) is 14.7 Å². The highest BCUT2D eigenvalue weighted by molar-refractivity contribution is 6.01. The molecule has 2 aromatic carbocycles. The minimum absolute atomic E-state index is 0.260. The predicted molar refractivity (Wildman–Crippen MR) is 142 cm³/mol. The lowest BCUT2D eigenvalue weighted by Crippen LogP contribution is -2.32. The largest absolute Gasteiger partial charge is 0.381 e. The molecule has 0 bridgehead atoms. The van der Waals surface area contributed by atoms with Crippen molar-refractivity contribution in [1.82, 2.24) is 24.5 Å². The topological polar surface area (TPSA) is 102 Å². The molecule has 1 unspecified atom stereocenters. The Hall–Kier alpha value is -4.74. The Morgan fingerprint density at radius 3 is 2.62 bits per heavy atom. The summed E-state index contributed by atoms with van der Waals surface area (Å²) >= 11 is 0. The van der Waals surface area contributed by atoms with Crippen molar-refractivity contribution in [3.63, 3.8) is 0 Å². The van der Waals surface area contributed by atoms with Crippen LogP contribution in [0.15, 0.2) is 77.9 Å². The van der Waals surface area contributed by atoms with Crippen LogP contribution in [0, 0.1) is 18.8 Å². The van der Waals surface area contributed by atoms with Crippen LogP contribution < -0.4 is 10.9 Å². The van der Waals surface area contributed by atoms with Crippen LogP contribution in [0.2, 0.25) is 0 Å². The molecule has 1 amide bonds. The Bertz CT molecular complexity index is 1760. The van der Waals surface area contributed by atoms with Crippen molar-refractivity contribution < 1.29 is 9.90 Å². The molecule has 0 spiro atoms. The number of rotatable bonds is 4. The van der Waals surface area contributed by atoms with E-state index in [2.05, 4.69) is 27.2 Å². The van der Waals surface area contributed by atoms with Crippen LogP contribution in [0.5, 0.6) is 0 Å². The number of hydrogen-bond donors (Lipinski definition) is 2. The molecule has 8 nitrogen and oxygen atoms in total. The number of hydrogen-bond acceptors (Lipinski definition) is 5. The molecule has 0 aliphatic carbocycles.